The van der Waals surface area contributed by atoms with E-state index >= 15 is 0 Å². The lowest BCUT2D eigenvalue weighted by Gasteiger charge is -2.25. The summed E-state index contributed by atoms with van der Waals surface area (Å²) in [5.41, 5.74) is 5.55. The van der Waals surface area contributed by atoms with Gasteiger partial charge in [0.2, 0.25) is 0 Å². The third-order valence-electron chi connectivity index (χ3n) is 5.04. The van der Waals surface area contributed by atoms with E-state index < -0.39 is 0 Å². The van der Waals surface area contributed by atoms with Crippen molar-refractivity contribution in [1.29, 1.82) is 0 Å². The third-order valence-corrected chi connectivity index (χ3v) is 5.04. The molecule has 0 radical (unpaired) electrons. The Bertz CT molecular complexity index is 656. The van der Waals surface area contributed by atoms with Gasteiger partial charge in [0.25, 0.3) is 0 Å². The number of hydrogen-bond donors (Lipinski definition) is 1. The van der Waals surface area contributed by atoms with Gasteiger partial charge in [-0.2, -0.15) is 5.48 Å². The highest BCUT2D eigenvalue weighted by atomic mass is 16.6. The monoisotopic (exact) mass is 401 g/mol. The van der Waals surface area contributed by atoms with Crippen molar-refractivity contribution in [3.05, 3.63) is 59.7 Å². The first-order valence-corrected chi connectivity index (χ1v) is 10.6. The van der Waals surface area contributed by atoms with Crippen LogP contribution in [0.1, 0.15) is 52.0 Å². The summed E-state index contributed by atoms with van der Waals surface area (Å²) in [6, 6.07) is 10.2. The number of carbonyl (C=O) groups is 1. The van der Waals surface area contributed by atoms with E-state index in [0.717, 1.165) is 31.3 Å². The molecule has 29 heavy (non-hydrogen) atoms. The van der Waals surface area contributed by atoms with E-state index in [2.05, 4.69) is 43.6 Å². The smallest absolute Gasteiger partial charge is 0.303 e. The van der Waals surface area contributed by atoms with E-state index in [1.54, 1.807) is 0 Å². The predicted octanol–water partition coefficient (Wildman–Crippen LogP) is 4.74. The van der Waals surface area contributed by atoms with Crippen molar-refractivity contribution in [3.63, 3.8) is 0 Å². The molecule has 1 aliphatic rings. The number of benzene rings is 1. The van der Waals surface area contributed by atoms with Crippen LogP contribution < -0.4 is 5.48 Å². The molecule has 3 atom stereocenters. The summed E-state index contributed by atoms with van der Waals surface area (Å²) in [6.07, 6.45) is 9.96. The van der Waals surface area contributed by atoms with Crippen molar-refractivity contribution in [3.8, 4) is 0 Å². The zero-order valence-corrected chi connectivity index (χ0v) is 17.9. The molecule has 2 rings (SSSR count). The molecule has 0 saturated heterocycles. The summed E-state index contributed by atoms with van der Waals surface area (Å²) < 4.78 is 11.2. The van der Waals surface area contributed by atoms with Crippen LogP contribution in [0.25, 0.3) is 0 Å². The number of ether oxygens (including phenoxy) is 2. The number of hydrogen-bond acceptors (Lipinski definition) is 5. The van der Waals surface area contributed by atoms with Crippen LogP contribution in [0, 0.1) is 5.92 Å². The molecule has 1 N–H and O–H groups in total. The average Bonchev–Trinajstić information content (AvgIpc) is 2.70. The van der Waals surface area contributed by atoms with Crippen molar-refractivity contribution >= 4 is 5.97 Å². The number of nitrogens with one attached hydrogen (secondary N) is 1. The molecule has 5 heteroatoms. The molecular weight excluding hydrogens is 366 g/mol. The minimum absolute atomic E-state index is 0.0315. The lowest BCUT2D eigenvalue weighted by molar-refractivity contribution is -0.144. The van der Waals surface area contributed by atoms with Gasteiger partial charge in [-0.25, -0.2) is 0 Å². The molecule has 0 amide bonds. The largest absolute Gasteiger partial charge is 0.458 e. The fourth-order valence-corrected chi connectivity index (χ4v) is 3.35. The van der Waals surface area contributed by atoms with Gasteiger partial charge in [0.15, 0.2) is 0 Å². The van der Waals surface area contributed by atoms with Gasteiger partial charge in [0, 0.05) is 6.92 Å². The number of carbonyl (C=O) groups excluding carboxylic acids is 1. The average molecular weight is 402 g/mol. The maximum atomic E-state index is 11.4. The number of esters is 1. The Hall–Kier alpha value is -1.95. The Labute approximate surface area is 175 Å². The maximum Gasteiger partial charge on any atom is 0.303 e. The third kappa shape index (κ3) is 9.39. The second kappa shape index (κ2) is 13.3. The molecule has 0 bridgehead atoms. The zero-order chi connectivity index (χ0) is 20.9. The Balaban J connectivity index is 1.96. The van der Waals surface area contributed by atoms with Gasteiger partial charge in [0.1, 0.15) is 6.10 Å². The van der Waals surface area contributed by atoms with Crippen LogP contribution in [0.15, 0.2) is 54.1 Å². The lowest BCUT2D eigenvalue weighted by Crippen LogP contribution is -2.36. The molecule has 1 aromatic carbocycles. The summed E-state index contributed by atoms with van der Waals surface area (Å²) in [5, 5.41) is 0. The Kier molecular flexibility index (Phi) is 10.7. The molecule has 0 aliphatic carbocycles. The standard InChI is InChI=1S/C24H35NO4/c1-19-13-14-23(29-21(3)26)12-8-5-9-16-28-25-24(19)20(2)15-17-27-18-22-10-6-4-7-11-22/h4,6-7,10-11,13-15,19,23-25H,5,8-9,12,16-18H2,1-3H3/b14-13-,20-15+/t19-,23?,24-/m0/s1. The van der Waals surface area contributed by atoms with Crippen LogP contribution in [-0.4, -0.2) is 31.3 Å². The predicted molar refractivity (Wildman–Crippen MR) is 115 cm³/mol. The Morgan fingerprint density at radius 3 is 2.72 bits per heavy atom. The van der Waals surface area contributed by atoms with Gasteiger partial charge in [-0.3, -0.25) is 4.79 Å². The van der Waals surface area contributed by atoms with Gasteiger partial charge in [-0.05, 0) is 43.7 Å². The van der Waals surface area contributed by atoms with Crippen molar-refractivity contribution < 1.29 is 19.1 Å². The molecule has 0 spiro atoms. The highest BCUT2D eigenvalue weighted by Crippen LogP contribution is 2.18. The van der Waals surface area contributed by atoms with Gasteiger partial charge in [0.05, 0.1) is 25.9 Å². The van der Waals surface area contributed by atoms with Gasteiger partial charge in [-0.1, -0.05) is 61.4 Å². The molecule has 0 fully saturated rings. The van der Waals surface area contributed by atoms with Crippen molar-refractivity contribution in [2.75, 3.05) is 13.2 Å². The first-order valence-electron chi connectivity index (χ1n) is 10.6. The van der Waals surface area contributed by atoms with E-state index in [-0.39, 0.29) is 24.0 Å². The van der Waals surface area contributed by atoms with E-state index in [9.17, 15) is 4.79 Å². The first kappa shape index (κ1) is 23.3. The number of rotatable bonds is 6. The number of hydroxylamine groups is 1. The molecule has 1 heterocycles. The van der Waals surface area contributed by atoms with Crippen LogP contribution in [0.5, 0.6) is 0 Å². The molecule has 5 nitrogen and oxygen atoms in total. The summed E-state index contributed by atoms with van der Waals surface area (Å²) in [4.78, 5) is 17.1. The van der Waals surface area contributed by atoms with E-state index in [1.807, 2.05) is 24.3 Å². The highest BCUT2D eigenvalue weighted by molar-refractivity contribution is 5.66. The fraction of sp³-hybridized carbons (Fsp3) is 0.542. The lowest BCUT2D eigenvalue weighted by atomic mass is 9.94. The molecule has 1 unspecified atom stereocenters. The first-order chi connectivity index (χ1) is 14.1. The summed E-state index contributed by atoms with van der Waals surface area (Å²) >= 11 is 0. The van der Waals surface area contributed by atoms with Gasteiger partial charge >= 0.3 is 5.97 Å². The van der Waals surface area contributed by atoms with Crippen LogP contribution in [0.4, 0.5) is 0 Å². The molecule has 160 valence electrons. The second-order valence-corrected chi connectivity index (χ2v) is 7.63. The van der Waals surface area contributed by atoms with Crippen LogP contribution in [0.2, 0.25) is 0 Å². The fourth-order valence-electron chi connectivity index (χ4n) is 3.35. The normalized spacial score (nSPS) is 25.5. The van der Waals surface area contributed by atoms with E-state index in [4.69, 9.17) is 14.3 Å². The van der Waals surface area contributed by atoms with Crippen molar-refractivity contribution in [2.45, 2.75) is 65.2 Å². The summed E-state index contributed by atoms with van der Waals surface area (Å²) in [7, 11) is 0. The highest BCUT2D eigenvalue weighted by Gasteiger charge is 2.19. The van der Waals surface area contributed by atoms with E-state index in [0.29, 0.717) is 19.8 Å². The Morgan fingerprint density at radius 2 is 1.97 bits per heavy atom. The molecule has 0 saturated carbocycles. The van der Waals surface area contributed by atoms with Crippen LogP contribution in [-0.2, 0) is 25.7 Å². The van der Waals surface area contributed by atoms with Gasteiger partial charge in [-0.15, -0.1) is 0 Å². The Morgan fingerprint density at radius 1 is 1.17 bits per heavy atom. The topological polar surface area (TPSA) is 56.8 Å². The molecule has 1 aliphatic heterocycles. The molecular formula is C24H35NO4. The minimum atomic E-state index is -0.232. The van der Waals surface area contributed by atoms with E-state index in [1.165, 1.54) is 12.5 Å². The van der Waals surface area contributed by atoms with Gasteiger partial charge < -0.3 is 14.3 Å². The summed E-state index contributed by atoms with van der Waals surface area (Å²) in [5.74, 6) is -0.0538. The SMILES string of the molecule is CC(=O)OC1/C=C\[C@H](C)[C@@H](/C(C)=C/COCc2ccccc2)NOCCCCC1. The zero-order valence-electron chi connectivity index (χ0n) is 17.9. The second-order valence-electron chi connectivity index (χ2n) is 7.63. The van der Waals surface area contributed by atoms with Crippen LogP contribution >= 0.6 is 0 Å². The maximum absolute atomic E-state index is 11.4. The van der Waals surface area contributed by atoms with Crippen molar-refractivity contribution in [2.24, 2.45) is 5.92 Å². The quantitative estimate of drug-likeness (QED) is 0.424. The minimum Gasteiger partial charge on any atom is -0.458 e. The van der Waals surface area contributed by atoms with Crippen LogP contribution in [0.3, 0.4) is 0 Å². The molecule has 0 aromatic heterocycles. The van der Waals surface area contributed by atoms with Crippen molar-refractivity contribution in [1.82, 2.24) is 5.48 Å². The summed E-state index contributed by atoms with van der Waals surface area (Å²) in [6.45, 7) is 7.50. The molecule has 1 aromatic rings.